The van der Waals surface area contributed by atoms with Gasteiger partial charge in [-0.1, -0.05) is 6.07 Å². The van der Waals surface area contributed by atoms with Crippen LogP contribution in [0.3, 0.4) is 0 Å². The van der Waals surface area contributed by atoms with Crippen LogP contribution in [-0.2, 0) is 6.54 Å². The maximum atomic E-state index is 11.4. The van der Waals surface area contributed by atoms with Crippen LogP contribution < -0.4 is 16.0 Å². The van der Waals surface area contributed by atoms with Crippen molar-refractivity contribution >= 4 is 17.4 Å². The van der Waals surface area contributed by atoms with E-state index < -0.39 is 0 Å². The highest BCUT2D eigenvalue weighted by Crippen LogP contribution is 2.07. The summed E-state index contributed by atoms with van der Waals surface area (Å²) < 4.78 is 0. The number of carbonyl (C=O) groups is 1. The first kappa shape index (κ1) is 10.4. The van der Waals surface area contributed by atoms with Crippen LogP contribution in [-0.4, -0.2) is 25.2 Å². The number of nitrogens with one attached hydrogen (secondary N) is 3. The van der Waals surface area contributed by atoms with Crippen molar-refractivity contribution in [2.75, 3.05) is 13.1 Å². The molecule has 15 heavy (non-hydrogen) atoms. The normalized spacial score (nSPS) is 20.1. The zero-order valence-corrected chi connectivity index (χ0v) is 9.27. The Labute approximate surface area is 93.1 Å². The Balaban J connectivity index is 1.68. The van der Waals surface area contributed by atoms with E-state index in [1.54, 1.807) is 11.3 Å². The van der Waals surface area contributed by atoms with Crippen LogP contribution in [0.15, 0.2) is 17.5 Å². The molecular formula is C10H15N3OS. The number of amides is 2. The van der Waals surface area contributed by atoms with Crippen molar-refractivity contribution in [3.05, 3.63) is 22.4 Å². The molecule has 1 fully saturated rings. The zero-order chi connectivity index (χ0) is 10.5. The molecule has 82 valence electrons. The SMILES string of the molecule is O=C(NCc1cccs1)NC1CCNC1. The van der Waals surface area contributed by atoms with Crippen LogP contribution in [0.25, 0.3) is 0 Å². The zero-order valence-electron chi connectivity index (χ0n) is 8.45. The highest BCUT2D eigenvalue weighted by molar-refractivity contribution is 7.09. The molecule has 0 aliphatic carbocycles. The number of carbonyl (C=O) groups excluding carboxylic acids is 1. The Morgan fingerprint density at radius 1 is 1.67 bits per heavy atom. The van der Waals surface area contributed by atoms with E-state index in [4.69, 9.17) is 0 Å². The number of rotatable bonds is 3. The molecule has 2 heterocycles. The lowest BCUT2D eigenvalue weighted by molar-refractivity contribution is 0.237. The number of hydrogen-bond donors (Lipinski definition) is 3. The third-order valence-electron chi connectivity index (χ3n) is 2.40. The maximum absolute atomic E-state index is 11.4. The van der Waals surface area contributed by atoms with Crippen molar-refractivity contribution in [1.29, 1.82) is 0 Å². The first-order valence-electron chi connectivity index (χ1n) is 5.12. The van der Waals surface area contributed by atoms with Gasteiger partial charge in [-0.15, -0.1) is 11.3 Å². The summed E-state index contributed by atoms with van der Waals surface area (Å²) in [5.74, 6) is 0. The first-order chi connectivity index (χ1) is 7.34. The van der Waals surface area contributed by atoms with Gasteiger partial charge in [0.1, 0.15) is 0 Å². The van der Waals surface area contributed by atoms with E-state index in [0.29, 0.717) is 6.54 Å². The Morgan fingerprint density at radius 2 is 2.60 bits per heavy atom. The molecule has 1 saturated heterocycles. The monoisotopic (exact) mass is 225 g/mol. The minimum Gasteiger partial charge on any atom is -0.334 e. The second-order valence-corrected chi connectivity index (χ2v) is 4.63. The predicted molar refractivity (Wildman–Crippen MR) is 61.0 cm³/mol. The van der Waals surface area contributed by atoms with E-state index in [2.05, 4.69) is 16.0 Å². The van der Waals surface area contributed by atoms with Crippen molar-refractivity contribution in [3.8, 4) is 0 Å². The summed E-state index contributed by atoms with van der Waals surface area (Å²) in [6.45, 7) is 2.49. The molecule has 5 heteroatoms. The molecule has 2 rings (SSSR count). The number of thiophene rings is 1. The molecule has 4 nitrogen and oxygen atoms in total. The standard InChI is InChI=1S/C10H15N3OS/c14-10(13-8-3-4-11-6-8)12-7-9-2-1-5-15-9/h1-2,5,8,11H,3-4,6-7H2,(H2,12,13,14). The third-order valence-corrected chi connectivity index (χ3v) is 3.28. The Kier molecular flexibility index (Phi) is 3.58. The number of hydrogen-bond acceptors (Lipinski definition) is 3. The Hall–Kier alpha value is -1.07. The fourth-order valence-electron chi connectivity index (χ4n) is 1.59. The summed E-state index contributed by atoms with van der Waals surface area (Å²) in [5, 5.41) is 11.0. The fraction of sp³-hybridized carbons (Fsp3) is 0.500. The molecule has 1 aliphatic rings. The van der Waals surface area contributed by atoms with Gasteiger partial charge in [0.15, 0.2) is 0 Å². The summed E-state index contributed by atoms with van der Waals surface area (Å²) in [4.78, 5) is 12.6. The smallest absolute Gasteiger partial charge is 0.315 e. The minimum absolute atomic E-state index is 0.0721. The largest absolute Gasteiger partial charge is 0.334 e. The van der Waals surface area contributed by atoms with Crippen molar-refractivity contribution in [1.82, 2.24) is 16.0 Å². The molecule has 0 radical (unpaired) electrons. The second kappa shape index (κ2) is 5.14. The molecular weight excluding hydrogens is 210 g/mol. The third kappa shape index (κ3) is 3.21. The molecule has 0 spiro atoms. The lowest BCUT2D eigenvalue weighted by atomic mass is 10.3. The van der Waals surface area contributed by atoms with Gasteiger partial charge in [0.25, 0.3) is 0 Å². The van der Waals surface area contributed by atoms with Gasteiger partial charge in [0.2, 0.25) is 0 Å². The maximum Gasteiger partial charge on any atom is 0.315 e. The molecule has 0 bridgehead atoms. The van der Waals surface area contributed by atoms with Crippen molar-refractivity contribution in [3.63, 3.8) is 0 Å². The van der Waals surface area contributed by atoms with Gasteiger partial charge in [-0.2, -0.15) is 0 Å². The van der Waals surface area contributed by atoms with Crippen LogP contribution in [0.1, 0.15) is 11.3 Å². The number of urea groups is 1. The van der Waals surface area contributed by atoms with Crippen LogP contribution in [0.4, 0.5) is 4.79 Å². The summed E-state index contributed by atoms with van der Waals surface area (Å²) in [7, 11) is 0. The second-order valence-electron chi connectivity index (χ2n) is 3.60. The molecule has 1 aliphatic heterocycles. The van der Waals surface area contributed by atoms with Crippen LogP contribution in [0.2, 0.25) is 0 Å². The average molecular weight is 225 g/mol. The molecule has 3 N–H and O–H groups in total. The topological polar surface area (TPSA) is 53.2 Å². The minimum atomic E-state index is -0.0721. The molecule has 1 aromatic heterocycles. The van der Waals surface area contributed by atoms with Gasteiger partial charge in [-0.05, 0) is 24.4 Å². The van der Waals surface area contributed by atoms with Crippen LogP contribution in [0, 0.1) is 0 Å². The van der Waals surface area contributed by atoms with Crippen molar-refractivity contribution in [2.24, 2.45) is 0 Å². The van der Waals surface area contributed by atoms with Crippen LogP contribution in [0.5, 0.6) is 0 Å². The summed E-state index contributed by atoms with van der Waals surface area (Å²) in [6.07, 6.45) is 1.02. The Bertz CT molecular complexity index is 306. The average Bonchev–Trinajstić information content (AvgIpc) is 2.86. The molecule has 0 saturated carbocycles. The van der Waals surface area contributed by atoms with Gasteiger partial charge in [0, 0.05) is 17.5 Å². The summed E-state index contributed by atoms with van der Waals surface area (Å²) >= 11 is 1.65. The van der Waals surface area contributed by atoms with E-state index in [-0.39, 0.29) is 12.1 Å². The van der Waals surface area contributed by atoms with Crippen molar-refractivity contribution in [2.45, 2.75) is 19.0 Å². The Morgan fingerprint density at radius 3 is 3.27 bits per heavy atom. The summed E-state index contributed by atoms with van der Waals surface area (Å²) in [5.41, 5.74) is 0. The molecule has 1 aromatic rings. The van der Waals surface area contributed by atoms with Gasteiger partial charge in [-0.3, -0.25) is 0 Å². The molecule has 2 amide bonds. The van der Waals surface area contributed by atoms with Gasteiger partial charge >= 0.3 is 6.03 Å². The lowest BCUT2D eigenvalue weighted by Gasteiger charge is -2.11. The predicted octanol–water partition coefficient (Wildman–Crippen LogP) is 0.909. The highest BCUT2D eigenvalue weighted by atomic mass is 32.1. The molecule has 1 atom stereocenters. The first-order valence-corrected chi connectivity index (χ1v) is 6.00. The highest BCUT2D eigenvalue weighted by Gasteiger charge is 2.15. The van der Waals surface area contributed by atoms with Gasteiger partial charge in [-0.25, -0.2) is 4.79 Å². The van der Waals surface area contributed by atoms with Gasteiger partial charge < -0.3 is 16.0 Å². The fourth-order valence-corrected chi connectivity index (χ4v) is 2.24. The molecule has 1 unspecified atom stereocenters. The van der Waals surface area contributed by atoms with E-state index >= 15 is 0 Å². The van der Waals surface area contributed by atoms with Gasteiger partial charge in [0.05, 0.1) is 6.54 Å². The van der Waals surface area contributed by atoms with E-state index in [0.717, 1.165) is 19.5 Å². The van der Waals surface area contributed by atoms with E-state index in [1.807, 2.05) is 17.5 Å². The van der Waals surface area contributed by atoms with E-state index in [9.17, 15) is 4.79 Å². The molecule has 0 aromatic carbocycles. The quantitative estimate of drug-likeness (QED) is 0.716. The van der Waals surface area contributed by atoms with Crippen molar-refractivity contribution < 1.29 is 4.79 Å². The summed E-state index contributed by atoms with van der Waals surface area (Å²) in [6, 6.07) is 4.22. The van der Waals surface area contributed by atoms with Crippen LogP contribution >= 0.6 is 11.3 Å². The van der Waals surface area contributed by atoms with E-state index in [1.165, 1.54) is 4.88 Å². The lowest BCUT2D eigenvalue weighted by Crippen LogP contribution is -2.42.